The second kappa shape index (κ2) is 9.78. The van der Waals surface area contributed by atoms with Crippen molar-refractivity contribution in [3.63, 3.8) is 0 Å². The number of carbonyl (C=O) groups is 2. The number of unbranched alkanes of at least 4 members (excludes halogenated alkanes) is 2. The molecule has 108 valence electrons. The first kappa shape index (κ1) is 16.0. The molecule has 0 aliphatic heterocycles. The number of carboxylic acid groups (broad SMARTS) is 1. The predicted octanol–water partition coefficient (Wildman–Crippen LogP) is 2.55. The molecule has 1 rings (SSSR count). The molecule has 0 spiro atoms. The maximum Gasteiger partial charge on any atom is 0.303 e. The van der Waals surface area contributed by atoms with Gasteiger partial charge in [0.05, 0.1) is 0 Å². The van der Waals surface area contributed by atoms with Crippen LogP contribution in [0.15, 0.2) is 42.5 Å². The molecule has 1 aromatic rings. The molecule has 0 saturated heterocycles. The third-order valence-electron chi connectivity index (χ3n) is 2.83. The maximum absolute atomic E-state index is 11.5. The van der Waals surface area contributed by atoms with Crippen LogP contribution in [0.3, 0.4) is 0 Å². The van der Waals surface area contributed by atoms with Crippen molar-refractivity contribution >= 4 is 11.9 Å². The summed E-state index contributed by atoms with van der Waals surface area (Å²) in [6.45, 7) is 0.591. The normalized spacial score (nSPS) is 10.6. The van der Waals surface area contributed by atoms with E-state index in [4.69, 9.17) is 5.11 Å². The number of rotatable bonds is 9. The standard InChI is InChI=1S/C16H21NO3/c18-15(17-13-6-2-5-12-16(19)20)11-7-10-14-8-3-1-4-9-14/h1,3-4,7-9,11H,2,5-6,10,12-13H2,(H,17,18)(H,19,20)/b11-7+. The van der Waals surface area contributed by atoms with Crippen LogP contribution < -0.4 is 5.32 Å². The van der Waals surface area contributed by atoms with Crippen LogP contribution in [-0.4, -0.2) is 23.5 Å². The zero-order valence-electron chi connectivity index (χ0n) is 11.5. The molecule has 0 atom stereocenters. The highest BCUT2D eigenvalue weighted by Gasteiger charge is 1.97. The largest absolute Gasteiger partial charge is 0.481 e. The molecule has 2 N–H and O–H groups in total. The summed E-state index contributed by atoms with van der Waals surface area (Å²) in [7, 11) is 0. The minimum absolute atomic E-state index is 0.0980. The molecule has 0 unspecified atom stereocenters. The molecule has 1 amide bonds. The van der Waals surface area contributed by atoms with E-state index in [2.05, 4.69) is 5.32 Å². The minimum atomic E-state index is -0.766. The number of amides is 1. The van der Waals surface area contributed by atoms with Crippen molar-refractivity contribution in [2.24, 2.45) is 0 Å². The highest BCUT2D eigenvalue weighted by Crippen LogP contribution is 2.00. The molecule has 1 aromatic carbocycles. The van der Waals surface area contributed by atoms with Crippen molar-refractivity contribution in [1.29, 1.82) is 0 Å². The van der Waals surface area contributed by atoms with Gasteiger partial charge in [0.2, 0.25) is 5.91 Å². The van der Waals surface area contributed by atoms with E-state index >= 15 is 0 Å². The van der Waals surface area contributed by atoms with E-state index in [0.717, 1.165) is 19.3 Å². The Morgan fingerprint density at radius 2 is 1.85 bits per heavy atom. The summed E-state index contributed by atoms with van der Waals surface area (Å²) >= 11 is 0. The molecule has 0 aliphatic carbocycles. The van der Waals surface area contributed by atoms with Crippen molar-refractivity contribution in [2.75, 3.05) is 6.54 Å². The second-order valence-corrected chi connectivity index (χ2v) is 4.59. The Bertz CT molecular complexity index is 440. The SMILES string of the molecule is O=C(O)CCCCCNC(=O)/C=C/Cc1ccccc1. The Morgan fingerprint density at radius 1 is 1.10 bits per heavy atom. The van der Waals surface area contributed by atoms with Gasteiger partial charge in [0.1, 0.15) is 0 Å². The Balaban J connectivity index is 2.07. The first-order valence-electron chi connectivity index (χ1n) is 6.88. The fraction of sp³-hybridized carbons (Fsp3) is 0.375. The van der Waals surface area contributed by atoms with Gasteiger partial charge in [0.15, 0.2) is 0 Å². The molecular formula is C16H21NO3. The van der Waals surface area contributed by atoms with E-state index < -0.39 is 5.97 Å². The number of allylic oxidation sites excluding steroid dienone is 1. The van der Waals surface area contributed by atoms with Crippen LogP contribution in [0.25, 0.3) is 0 Å². The zero-order valence-corrected chi connectivity index (χ0v) is 11.5. The second-order valence-electron chi connectivity index (χ2n) is 4.59. The van der Waals surface area contributed by atoms with Crippen molar-refractivity contribution in [1.82, 2.24) is 5.32 Å². The van der Waals surface area contributed by atoms with Crippen molar-refractivity contribution in [3.8, 4) is 0 Å². The zero-order chi connectivity index (χ0) is 14.6. The monoisotopic (exact) mass is 275 g/mol. The summed E-state index contributed by atoms with van der Waals surface area (Å²) in [5.41, 5.74) is 1.17. The summed E-state index contributed by atoms with van der Waals surface area (Å²) in [5, 5.41) is 11.3. The Kier molecular flexibility index (Phi) is 7.80. The van der Waals surface area contributed by atoms with Gasteiger partial charge in [-0.25, -0.2) is 0 Å². The van der Waals surface area contributed by atoms with Gasteiger partial charge >= 0.3 is 5.97 Å². The fourth-order valence-electron chi connectivity index (χ4n) is 1.76. The highest BCUT2D eigenvalue weighted by atomic mass is 16.4. The molecule has 0 radical (unpaired) electrons. The number of aliphatic carboxylic acids is 1. The summed E-state index contributed by atoms with van der Waals surface area (Å²) in [6.07, 6.45) is 6.62. The van der Waals surface area contributed by atoms with Crippen LogP contribution in [0.2, 0.25) is 0 Å². The van der Waals surface area contributed by atoms with Crippen LogP contribution in [-0.2, 0) is 16.0 Å². The number of carboxylic acids is 1. The molecule has 4 nitrogen and oxygen atoms in total. The smallest absolute Gasteiger partial charge is 0.303 e. The van der Waals surface area contributed by atoms with Gasteiger partial charge in [0.25, 0.3) is 0 Å². The average molecular weight is 275 g/mol. The first-order chi connectivity index (χ1) is 9.68. The van der Waals surface area contributed by atoms with Gasteiger partial charge in [-0.05, 0) is 30.9 Å². The lowest BCUT2D eigenvalue weighted by molar-refractivity contribution is -0.137. The molecular weight excluding hydrogens is 254 g/mol. The molecule has 0 aromatic heterocycles. The Morgan fingerprint density at radius 3 is 2.55 bits per heavy atom. The molecule has 20 heavy (non-hydrogen) atoms. The van der Waals surface area contributed by atoms with E-state index in [0.29, 0.717) is 13.0 Å². The van der Waals surface area contributed by atoms with Gasteiger partial charge in [0, 0.05) is 13.0 Å². The van der Waals surface area contributed by atoms with Gasteiger partial charge < -0.3 is 10.4 Å². The number of benzene rings is 1. The first-order valence-corrected chi connectivity index (χ1v) is 6.88. The topological polar surface area (TPSA) is 66.4 Å². The average Bonchev–Trinajstić information content (AvgIpc) is 2.43. The maximum atomic E-state index is 11.5. The Labute approximate surface area is 119 Å². The lowest BCUT2D eigenvalue weighted by Crippen LogP contribution is -2.22. The van der Waals surface area contributed by atoms with Crippen LogP contribution >= 0.6 is 0 Å². The lowest BCUT2D eigenvalue weighted by Gasteiger charge is -2.01. The van der Waals surface area contributed by atoms with Crippen LogP contribution in [0, 0.1) is 0 Å². The van der Waals surface area contributed by atoms with Gasteiger partial charge in [-0.3, -0.25) is 9.59 Å². The molecule has 0 heterocycles. The summed E-state index contributed by atoms with van der Waals surface area (Å²) in [6, 6.07) is 9.94. The van der Waals surface area contributed by atoms with E-state index in [-0.39, 0.29) is 12.3 Å². The number of carbonyl (C=O) groups excluding carboxylic acids is 1. The fourth-order valence-corrected chi connectivity index (χ4v) is 1.76. The third kappa shape index (κ3) is 8.08. The van der Waals surface area contributed by atoms with Crippen molar-refractivity contribution in [2.45, 2.75) is 32.1 Å². The number of hydrogen-bond acceptors (Lipinski definition) is 2. The molecule has 4 heteroatoms. The van der Waals surface area contributed by atoms with Gasteiger partial charge in [-0.15, -0.1) is 0 Å². The van der Waals surface area contributed by atoms with Gasteiger partial charge in [-0.2, -0.15) is 0 Å². The van der Waals surface area contributed by atoms with Crippen molar-refractivity contribution < 1.29 is 14.7 Å². The van der Waals surface area contributed by atoms with E-state index in [1.54, 1.807) is 6.08 Å². The van der Waals surface area contributed by atoms with Crippen LogP contribution in [0.1, 0.15) is 31.2 Å². The van der Waals surface area contributed by atoms with Gasteiger partial charge in [-0.1, -0.05) is 42.8 Å². The van der Waals surface area contributed by atoms with Crippen LogP contribution in [0.4, 0.5) is 0 Å². The quantitative estimate of drug-likeness (QED) is 0.537. The minimum Gasteiger partial charge on any atom is -0.481 e. The van der Waals surface area contributed by atoms with E-state index in [1.807, 2.05) is 36.4 Å². The molecule has 0 saturated carbocycles. The van der Waals surface area contributed by atoms with E-state index in [1.165, 1.54) is 5.56 Å². The highest BCUT2D eigenvalue weighted by molar-refractivity contribution is 5.87. The summed E-state index contributed by atoms with van der Waals surface area (Å²) in [4.78, 5) is 21.8. The number of hydrogen-bond donors (Lipinski definition) is 2. The Hall–Kier alpha value is -2.10. The number of nitrogens with one attached hydrogen (secondary N) is 1. The summed E-state index contributed by atoms with van der Waals surface area (Å²) in [5.74, 6) is -0.864. The van der Waals surface area contributed by atoms with E-state index in [9.17, 15) is 9.59 Å². The third-order valence-corrected chi connectivity index (χ3v) is 2.83. The predicted molar refractivity (Wildman–Crippen MR) is 78.4 cm³/mol. The van der Waals surface area contributed by atoms with Crippen LogP contribution in [0.5, 0.6) is 0 Å². The summed E-state index contributed by atoms with van der Waals surface area (Å²) < 4.78 is 0. The lowest BCUT2D eigenvalue weighted by atomic mass is 10.1. The van der Waals surface area contributed by atoms with Crippen molar-refractivity contribution in [3.05, 3.63) is 48.0 Å². The molecule has 0 bridgehead atoms. The molecule has 0 aliphatic rings. The molecule has 0 fully saturated rings.